The molecule has 1 saturated heterocycles. The Kier molecular flexibility index (Phi) is 4.77. The third kappa shape index (κ3) is 3.31. The molecule has 1 heterocycles. The van der Waals surface area contributed by atoms with E-state index in [1.165, 1.54) is 0 Å². The molecule has 0 spiro atoms. The first-order valence-electron chi connectivity index (χ1n) is 6.29. The number of nitrogens with zero attached hydrogens (tertiary/aromatic N) is 1. The van der Waals surface area contributed by atoms with Crippen LogP contribution in [0.15, 0.2) is 18.2 Å². The van der Waals surface area contributed by atoms with Crippen LogP contribution in [-0.4, -0.2) is 30.5 Å². The summed E-state index contributed by atoms with van der Waals surface area (Å²) in [7, 11) is 1.69. The van der Waals surface area contributed by atoms with Gasteiger partial charge in [0.25, 0.3) is 0 Å². The lowest BCUT2D eigenvalue weighted by atomic mass is 9.98. The number of piperidine rings is 1. The molecule has 2 rings (SSSR count). The minimum absolute atomic E-state index is 0.240. The van der Waals surface area contributed by atoms with Crippen LogP contribution in [0.3, 0.4) is 0 Å². The molecule has 1 aromatic rings. The Morgan fingerprint density at radius 2 is 2.22 bits per heavy atom. The summed E-state index contributed by atoms with van der Waals surface area (Å²) in [6.07, 6.45) is 1.15. The van der Waals surface area contributed by atoms with Crippen LogP contribution in [0, 0.1) is 5.92 Å². The first kappa shape index (κ1) is 14.0. The average molecular weight is 288 g/mol. The van der Waals surface area contributed by atoms with Gasteiger partial charge in [-0.1, -0.05) is 18.5 Å². The van der Waals surface area contributed by atoms with E-state index in [0.29, 0.717) is 5.92 Å². The molecule has 0 aromatic heterocycles. The van der Waals surface area contributed by atoms with Gasteiger partial charge < -0.3 is 4.74 Å². The van der Waals surface area contributed by atoms with Crippen molar-refractivity contribution in [2.24, 2.45) is 5.92 Å². The van der Waals surface area contributed by atoms with Gasteiger partial charge in [0.2, 0.25) is 0 Å². The van der Waals surface area contributed by atoms with Gasteiger partial charge in [-0.15, -0.1) is 11.6 Å². The second-order valence-corrected chi connectivity index (χ2v) is 5.97. The van der Waals surface area contributed by atoms with Crippen molar-refractivity contribution in [3.05, 3.63) is 28.8 Å². The van der Waals surface area contributed by atoms with Gasteiger partial charge in [0.1, 0.15) is 5.75 Å². The van der Waals surface area contributed by atoms with Crippen molar-refractivity contribution in [1.29, 1.82) is 0 Å². The molecule has 2 atom stereocenters. The van der Waals surface area contributed by atoms with Crippen LogP contribution in [0.2, 0.25) is 5.02 Å². The maximum Gasteiger partial charge on any atom is 0.123 e. The smallest absolute Gasteiger partial charge is 0.123 e. The Balaban J connectivity index is 2.07. The maximum absolute atomic E-state index is 6.33. The topological polar surface area (TPSA) is 12.5 Å². The molecule has 0 N–H and O–H groups in total. The summed E-state index contributed by atoms with van der Waals surface area (Å²) in [5.41, 5.74) is 1.13. The van der Waals surface area contributed by atoms with Crippen molar-refractivity contribution in [2.75, 3.05) is 20.2 Å². The third-order valence-electron chi connectivity index (χ3n) is 3.59. The molecule has 100 valence electrons. The number of likely N-dealkylation sites (tertiary alicyclic amines) is 1. The molecule has 0 amide bonds. The lowest BCUT2D eigenvalue weighted by molar-refractivity contribution is 0.187. The predicted molar refractivity (Wildman–Crippen MR) is 76.7 cm³/mol. The van der Waals surface area contributed by atoms with Crippen LogP contribution in [0.25, 0.3) is 0 Å². The number of ether oxygens (including phenoxy) is 1. The lowest BCUT2D eigenvalue weighted by Gasteiger charge is -2.34. The molecule has 1 aromatic carbocycles. The Labute approximate surface area is 119 Å². The standard InChI is InChI=1S/C14H19Cl2NO/c1-10-5-6-17(9-13(10)16)8-11-7-12(15)3-4-14(11)18-2/h3-4,7,10,13H,5-6,8-9H2,1-2H3. The van der Waals surface area contributed by atoms with Crippen molar-refractivity contribution in [1.82, 2.24) is 4.90 Å². The van der Waals surface area contributed by atoms with Gasteiger partial charge in [-0.2, -0.15) is 0 Å². The van der Waals surface area contributed by atoms with Gasteiger partial charge in [-0.3, -0.25) is 4.90 Å². The summed E-state index contributed by atoms with van der Waals surface area (Å²) >= 11 is 12.4. The molecule has 18 heavy (non-hydrogen) atoms. The van der Waals surface area contributed by atoms with E-state index in [4.69, 9.17) is 27.9 Å². The van der Waals surface area contributed by atoms with E-state index in [1.807, 2.05) is 18.2 Å². The summed E-state index contributed by atoms with van der Waals surface area (Å²) in [4.78, 5) is 2.37. The number of rotatable bonds is 3. The fourth-order valence-electron chi connectivity index (χ4n) is 2.34. The van der Waals surface area contributed by atoms with Crippen LogP contribution in [0.4, 0.5) is 0 Å². The van der Waals surface area contributed by atoms with Crippen LogP contribution < -0.4 is 4.74 Å². The largest absolute Gasteiger partial charge is 0.496 e. The molecular weight excluding hydrogens is 269 g/mol. The van der Waals surface area contributed by atoms with E-state index in [-0.39, 0.29) is 5.38 Å². The molecule has 2 nitrogen and oxygen atoms in total. The summed E-state index contributed by atoms with van der Waals surface area (Å²) in [6, 6.07) is 5.75. The van der Waals surface area contributed by atoms with Crippen molar-refractivity contribution >= 4 is 23.2 Å². The first-order chi connectivity index (χ1) is 8.60. The number of alkyl halides is 1. The normalized spacial score (nSPS) is 25.1. The highest BCUT2D eigenvalue weighted by Crippen LogP contribution is 2.27. The van der Waals surface area contributed by atoms with Gasteiger partial charge in [0, 0.05) is 29.1 Å². The highest BCUT2D eigenvalue weighted by molar-refractivity contribution is 6.30. The highest BCUT2D eigenvalue weighted by atomic mass is 35.5. The number of methoxy groups -OCH3 is 1. The summed E-state index contributed by atoms with van der Waals surface area (Å²) < 4.78 is 5.37. The fourth-order valence-corrected chi connectivity index (χ4v) is 2.86. The summed E-state index contributed by atoms with van der Waals surface area (Å²) in [5.74, 6) is 1.49. The number of halogens is 2. The van der Waals surface area contributed by atoms with Crippen LogP contribution in [0.1, 0.15) is 18.9 Å². The zero-order chi connectivity index (χ0) is 13.1. The van der Waals surface area contributed by atoms with Crippen molar-refractivity contribution < 1.29 is 4.74 Å². The summed E-state index contributed by atoms with van der Waals surface area (Å²) in [5, 5.41) is 0.988. The monoisotopic (exact) mass is 287 g/mol. The van der Waals surface area contributed by atoms with Gasteiger partial charge >= 0.3 is 0 Å². The molecule has 0 bridgehead atoms. The van der Waals surface area contributed by atoms with Crippen LogP contribution >= 0.6 is 23.2 Å². The molecule has 4 heteroatoms. The van der Waals surface area contributed by atoms with Gasteiger partial charge in [0.15, 0.2) is 0 Å². The minimum Gasteiger partial charge on any atom is -0.496 e. The molecule has 0 aliphatic carbocycles. The van der Waals surface area contributed by atoms with Crippen molar-refractivity contribution in [3.63, 3.8) is 0 Å². The Hall–Kier alpha value is -0.440. The Morgan fingerprint density at radius 3 is 2.89 bits per heavy atom. The van der Waals surface area contributed by atoms with E-state index in [1.54, 1.807) is 7.11 Å². The van der Waals surface area contributed by atoms with E-state index in [0.717, 1.165) is 42.4 Å². The molecule has 1 aliphatic rings. The molecule has 0 radical (unpaired) electrons. The number of benzene rings is 1. The minimum atomic E-state index is 0.240. The summed E-state index contributed by atoms with van der Waals surface area (Å²) in [6.45, 7) is 5.08. The molecule has 1 aliphatic heterocycles. The lowest BCUT2D eigenvalue weighted by Crippen LogP contribution is -2.39. The Bertz CT molecular complexity index is 411. The zero-order valence-electron chi connectivity index (χ0n) is 10.8. The van der Waals surface area contributed by atoms with E-state index in [2.05, 4.69) is 11.8 Å². The van der Waals surface area contributed by atoms with Gasteiger partial charge in [0.05, 0.1) is 7.11 Å². The molecule has 2 unspecified atom stereocenters. The molecule has 1 fully saturated rings. The quantitative estimate of drug-likeness (QED) is 0.784. The number of hydrogen-bond donors (Lipinski definition) is 0. The van der Waals surface area contributed by atoms with Crippen LogP contribution in [-0.2, 0) is 6.54 Å². The van der Waals surface area contributed by atoms with E-state index in [9.17, 15) is 0 Å². The molecule has 0 saturated carbocycles. The first-order valence-corrected chi connectivity index (χ1v) is 7.10. The Morgan fingerprint density at radius 1 is 1.44 bits per heavy atom. The maximum atomic E-state index is 6.33. The van der Waals surface area contributed by atoms with E-state index >= 15 is 0 Å². The van der Waals surface area contributed by atoms with Gasteiger partial charge in [-0.05, 0) is 37.1 Å². The third-order valence-corrected chi connectivity index (χ3v) is 4.39. The second kappa shape index (κ2) is 6.14. The van der Waals surface area contributed by atoms with E-state index < -0.39 is 0 Å². The zero-order valence-corrected chi connectivity index (χ0v) is 12.3. The SMILES string of the molecule is COc1ccc(Cl)cc1CN1CCC(C)C(Cl)C1. The van der Waals surface area contributed by atoms with Crippen molar-refractivity contribution in [3.8, 4) is 5.75 Å². The van der Waals surface area contributed by atoms with Crippen molar-refractivity contribution in [2.45, 2.75) is 25.3 Å². The highest BCUT2D eigenvalue weighted by Gasteiger charge is 2.24. The second-order valence-electron chi connectivity index (χ2n) is 4.97. The average Bonchev–Trinajstić information content (AvgIpc) is 2.34. The predicted octanol–water partition coefficient (Wildman–Crippen LogP) is 3.80. The molecular formula is C14H19Cl2NO. The van der Waals surface area contributed by atoms with Crippen LogP contribution in [0.5, 0.6) is 5.75 Å². The fraction of sp³-hybridized carbons (Fsp3) is 0.571. The van der Waals surface area contributed by atoms with Gasteiger partial charge in [-0.25, -0.2) is 0 Å². The number of hydrogen-bond acceptors (Lipinski definition) is 2.